The van der Waals surface area contributed by atoms with E-state index in [-0.39, 0.29) is 5.75 Å². The van der Waals surface area contributed by atoms with Crippen LogP contribution >= 0.6 is 0 Å². The summed E-state index contributed by atoms with van der Waals surface area (Å²) in [6.45, 7) is 1.31. The number of aromatic nitrogens is 1. The molecule has 0 spiro atoms. The molecule has 1 unspecified atom stereocenters. The lowest BCUT2D eigenvalue weighted by atomic mass is 10.0. The topological polar surface area (TPSA) is 74.6 Å². The van der Waals surface area contributed by atoms with Crippen molar-refractivity contribution in [1.82, 2.24) is 4.98 Å². The molecule has 3 rings (SSSR count). The van der Waals surface area contributed by atoms with Crippen LogP contribution in [-0.2, 0) is 4.74 Å². The number of aromatic hydroxyl groups is 1. The molecule has 2 aromatic rings. The Labute approximate surface area is 110 Å². The first-order valence-electron chi connectivity index (χ1n) is 6.28. The van der Waals surface area contributed by atoms with E-state index in [4.69, 9.17) is 4.74 Å². The number of anilines is 1. The zero-order chi connectivity index (χ0) is 13.3. The Morgan fingerprint density at radius 3 is 3.05 bits per heavy atom. The van der Waals surface area contributed by atoms with Crippen LogP contribution in [0, 0.1) is 0 Å². The average molecular weight is 260 g/mol. The highest BCUT2D eigenvalue weighted by molar-refractivity contribution is 5.92. The Hall–Kier alpha value is -1.85. The number of nitrogens with one attached hydrogen (secondary N) is 1. The Morgan fingerprint density at radius 1 is 1.37 bits per heavy atom. The van der Waals surface area contributed by atoms with Gasteiger partial charge >= 0.3 is 0 Å². The van der Waals surface area contributed by atoms with Gasteiger partial charge in [0.1, 0.15) is 17.2 Å². The highest BCUT2D eigenvalue weighted by Gasteiger charge is 2.32. The number of aliphatic hydroxyl groups is 1. The molecule has 0 amide bonds. The van der Waals surface area contributed by atoms with Crippen LogP contribution < -0.4 is 5.32 Å². The van der Waals surface area contributed by atoms with Crippen molar-refractivity contribution in [1.29, 1.82) is 0 Å². The molecule has 19 heavy (non-hydrogen) atoms. The van der Waals surface area contributed by atoms with Crippen molar-refractivity contribution in [2.75, 3.05) is 25.1 Å². The number of rotatable bonds is 3. The van der Waals surface area contributed by atoms with E-state index < -0.39 is 5.60 Å². The largest absolute Gasteiger partial charge is 0.508 e. The van der Waals surface area contributed by atoms with Gasteiger partial charge in [-0.15, -0.1) is 0 Å². The molecule has 0 bridgehead atoms. The standard InChI is InChI=1S/C14H16N2O3/c17-11-2-1-10-3-5-15-13(12(10)7-11)16-8-14(18)4-6-19-9-14/h1-3,5,7,17-18H,4,6,8-9H2,(H,15,16). The van der Waals surface area contributed by atoms with Crippen LogP contribution in [0.4, 0.5) is 5.82 Å². The van der Waals surface area contributed by atoms with Crippen LogP contribution in [-0.4, -0.2) is 40.6 Å². The van der Waals surface area contributed by atoms with Gasteiger partial charge in [-0.05, 0) is 23.6 Å². The second-order valence-corrected chi connectivity index (χ2v) is 4.95. The maximum absolute atomic E-state index is 10.2. The van der Waals surface area contributed by atoms with Crippen LogP contribution in [0.5, 0.6) is 5.75 Å². The van der Waals surface area contributed by atoms with Gasteiger partial charge in [-0.2, -0.15) is 0 Å². The van der Waals surface area contributed by atoms with Crippen LogP contribution in [0.2, 0.25) is 0 Å². The summed E-state index contributed by atoms with van der Waals surface area (Å²) in [4.78, 5) is 4.27. The van der Waals surface area contributed by atoms with E-state index in [1.165, 1.54) is 0 Å². The summed E-state index contributed by atoms with van der Waals surface area (Å²) in [6, 6.07) is 7.03. The second-order valence-electron chi connectivity index (χ2n) is 4.95. The lowest BCUT2D eigenvalue weighted by Gasteiger charge is -2.21. The molecule has 1 aliphatic heterocycles. The van der Waals surface area contributed by atoms with Crippen LogP contribution in [0.25, 0.3) is 10.8 Å². The minimum Gasteiger partial charge on any atom is -0.508 e. The van der Waals surface area contributed by atoms with Gasteiger partial charge in [-0.3, -0.25) is 0 Å². The summed E-state index contributed by atoms with van der Waals surface area (Å²) in [7, 11) is 0. The Bertz CT molecular complexity index is 594. The predicted molar refractivity (Wildman–Crippen MR) is 72.3 cm³/mol. The maximum atomic E-state index is 10.2. The molecule has 5 heteroatoms. The predicted octanol–water partition coefficient (Wildman–Crippen LogP) is 1.50. The molecular formula is C14H16N2O3. The Balaban J connectivity index is 1.86. The molecule has 1 aliphatic rings. The summed E-state index contributed by atoms with van der Waals surface area (Å²) in [5.41, 5.74) is -0.833. The lowest BCUT2D eigenvalue weighted by Crippen LogP contribution is -2.37. The number of nitrogens with zero attached hydrogens (tertiary/aromatic N) is 1. The Morgan fingerprint density at radius 2 is 2.26 bits per heavy atom. The third-order valence-electron chi connectivity index (χ3n) is 3.42. The van der Waals surface area contributed by atoms with Gasteiger partial charge in [-0.1, -0.05) is 6.07 Å². The van der Waals surface area contributed by atoms with Gasteiger partial charge in [0.2, 0.25) is 0 Å². The molecule has 0 radical (unpaired) electrons. The minimum atomic E-state index is -0.833. The van der Waals surface area contributed by atoms with E-state index in [2.05, 4.69) is 10.3 Å². The number of benzene rings is 1. The summed E-state index contributed by atoms with van der Waals surface area (Å²) in [6.07, 6.45) is 2.33. The molecule has 5 nitrogen and oxygen atoms in total. The molecule has 0 aliphatic carbocycles. The third-order valence-corrected chi connectivity index (χ3v) is 3.42. The fraction of sp³-hybridized carbons (Fsp3) is 0.357. The Kier molecular flexibility index (Phi) is 3.00. The van der Waals surface area contributed by atoms with E-state index in [0.29, 0.717) is 32.0 Å². The highest BCUT2D eigenvalue weighted by atomic mass is 16.5. The third kappa shape index (κ3) is 2.47. The molecule has 1 atom stereocenters. The fourth-order valence-corrected chi connectivity index (χ4v) is 2.28. The van der Waals surface area contributed by atoms with Gasteiger partial charge in [0, 0.05) is 31.2 Å². The van der Waals surface area contributed by atoms with Crippen molar-refractivity contribution >= 4 is 16.6 Å². The first-order chi connectivity index (χ1) is 9.16. The molecule has 1 aromatic carbocycles. The zero-order valence-electron chi connectivity index (χ0n) is 10.5. The zero-order valence-corrected chi connectivity index (χ0v) is 10.5. The first kappa shape index (κ1) is 12.2. The van der Waals surface area contributed by atoms with Crippen molar-refractivity contribution < 1.29 is 14.9 Å². The highest BCUT2D eigenvalue weighted by Crippen LogP contribution is 2.26. The summed E-state index contributed by atoms with van der Waals surface area (Å²) in [5, 5.41) is 24.7. The van der Waals surface area contributed by atoms with E-state index in [9.17, 15) is 10.2 Å². The van der Waals surface area contributed by atoms with Crippen molar-refractivity contribution in [3.8, 4) is 5.75 Å². The first-order valence-corrected chi connectivity index (χ1v) is 6.28. The number of fused-ring (bicyclic) bond motifs is 1. The molecular weight excluding hydrogens is 244 g/mol. The quantitative estimate of drug-likeness (QED) is 0.780. The van der Waals surface area contributed by atoms with Crippen LogP contribution in [0.15, 0.2) is 30.5 Å². The molecule has 1 saturated heterocycles. The van der Waals surface area contributed by atoms with E-state index in [0.717, 1.165) is 10.8 Å². The van der Waals surface area contributed by atoms with Crippen molar-refractivity contribution in [3.05, 3.63) is 30.5 Å². The monoisotopic (exact) mass is 260 g/mol. The SMILES string of the molecule is Oc1ccc2ccnc(NCC3(O)CCOC3)c2c1. The fourth-order valence-electron chi connectivity index (χ4n) is 2.28. The number of ether oxygens (including phenoxy) is 1. The average Bonchev–Trinajstić information content (AvgIpc) is 2.84. The van der Waals surface area contributed by atoms with Crippen LogP contribution in [0.1, 0.15) is 6.42 Å². The smallest absolute Gasteiger partial charge is 0.134 e. The molecule has 1 fully saturated rings. The molecule has 0 saturated carbocycles. The minimum absolute atomic E-state index is 0.200. The van der Waals surface area contributed by atoms with Crippen molar-refractivity contribution in [2.45, 2.75) is 12.0 Å². The van der Waals surface area contributed by atoms with Gasteiger partial charge in [-0.25, -0.2) is 4.98 Å². The molecule has 1 aromatic heterocycles. The van der Waals surface area contributed by atoms with Gasteiger partial charge < -0.3 is 20.3 Å². The number of hydrogen-bond acceptors (Lipinski definition) is 5. The van der Waals surface area contributed by atoms with E-state index in [1.54, 1.807) is 18.3 Å². The second kappa shape index (κ2) is 4.68. The summed E-state index contributed by atoms with van der Waals surface area (Å²) in [5.74, 6) is 0.861. The molecule has 3 N–H and O–H groups in total. The van der Waals surface area contributed by atoms with E-state index in [1.807, 2.05) is 12.1 Å². The summed E-state index contributed by atoms with van der Waals surface area (Å²) >= 11 is 0. The van der Waals surface area contributed by atoms with Crippen molar-refractivity contribution in [2.24, 2.45) is 0 Å². The number of hydrogen-bond donors (Lipinski definition) is 3. The summed E-state index contributed by atoms with van der Waals surface area (Å²) < 4.78 is 5.20. The molecule has 2 heterocycles. The van der Waals surface area contributed by atoms with E-state index >= 15 is 0 Å². The lowest BCUT2D eigenvalue weighted by molar-refractivity contribution is 0.0381. The maximum Gasteiger partial charge on any atom is 0.134 e. The van der Waals surface area contributed by atoms with Crippen LogP contribution in [0.3, 0.4) is 0 Å². The number of pyridine rings is 1. The molecule has 100 valence electrons. The van der Waals surface area contributed by atoms with Gasteiger partial charge in [0.15, 0.2) is 0 Å². The van der Waals surface area contributed by atoms with Crippen molar-refractivity contribution in [3.63, 3.8) is 0 Å². The normalized spacial score (nSPS) is 22.8. The number of phenolic OH excluding ortho intramolecular Hbond substituents is 1. The number of phenols is 1. The van der Waals surface area contributed by atoms with Gasteiger partial charge in [0.25, 0.3) is 0 Å². The van der Waals surface area contributed by atoms with Gasteiger partial charge in [0.05, 0.1) is 6.61 Å².